The van der Waals surface area contributed by atoms with Gasteiger partial charge in [0, 0.05) is 12.0 Å². The van der Waals surface area contributed by atoms with Crippen molar-refractivity contribution in [2.75, 3.05) is 0 Å². The van der Waals surface area contributed by atoms with Crippen LogP contribution in [0.2, 0.25) is 0 Å². The fourth-order valence-electron chi connectivity index (χ4n) is 1.44. The molecule has 15 heavy (non-hydrogen) atoms. The zero-order chi connectivity index (χ0) is 11.3. The Hall–Kier alpha value is -1.38. The summed E-state index contributed by atoms with van der Waals surface area (Å²) in [5.41, 5.74) is 0.530. The Kier molecular flexibility index (Phi) is 4.28. The lowest BCUT2D eigenvalue weighted by Gasteiger charge is -2.14. The molecule has 1 amide bonds. The van der Waals surface area contributed by atoms with E-state index in [-0.39, 0.29) is 17.8 Å². The Balaban J connectivity index is 2.65. The first kappa shape index (κ1) is 11.7. The lowest BCUT2D eigenvalue weighted by molar-refractivity contribution is -0.121. The van der Waals surface area contributed by atoms with Crippen molar-refractivity contribution in [2.45, 2.75) is 32.7 Å². The van der Waals surface area contributed by atoms with Crippen LogP contribution in [0.1, 0.15) is 38.3 Å². The number of hydrogen-bond donors (Lipinski definition) is 1. The van der Waals surface area contributed by atoms with Crippen molar-refractivity contribution in [1.82, 2.24) is 5.32 Å². The minimum absolute atomic E-state index is 0.0340. The van der Waals surface area contributed by atoms with Gasteiger partial charge >= 0.3 is 0 Å². The van der Waals surface area contributed by atoms with Crippen LogP contribution in [0.3, 0.4) is 0 Å². The average Bonchev–Trinajstić information content (AvgIpc) is 2.18. The van der Waals surface area contributed by atoms with Crippen LogP contribution < -0.4 is 5.32 Å². The summed E-state index contributed by atoms with van der Waals surface area (Å²) < 4.78 is 13.3. The third kappa shape index (κ3) is 3.35. The highest BCUT2D eigenvalue weighted by Gasteiger charge is 2.11. The van der Waals surface area contributed by atoms with Crippen molar-refractivity contribution >= 4 is 5.91 Å². The molecular weight excluding hydrogens is 193 g/mol. The third-order valence-corrected chi connectivity index (χ3v) is 2.23. The van der Waals surface area contributed by atoms with Crippen molar-refractivity contribution < 1.29 is 9.18 Å². The highest BCUT2D eigenvalue weighted by Crippen LogP contribution is 2.15. The smallest absolute Gasteiger partial charge is 0.220 e. The van der Waals surface area contributed by atoms with Gasteiger partial charge in [-0.3, -0.25) is 4.79 Å². The van der Waals surface area contributed by atoms with Crippen LogP contribution in [0.5, 0.6) is 0 Å². The maximum absolute atomic E-state index is 13.3. The summed E-state index contributed by atoms with van der Waals surface area (Å²) in [5.74, 6) is -0.310. The van der Waals surface area contributed by atoms with Gasteiger partial charge in [0.1, 0.15) is 5.82 Å². The maximum Gasteiger partial charge on any atom is 0.220 e. The summed E-state index contributed by atoms with van der Waals surface area (Å²) in [7, 11) is 0. The van der Waals surface area contributed by atoms with Crippen LogP contribution in [-0.4, -0.2) is 5.91 Å². The van der Waals surface area contributed by atoms with E-state index in [0.29, 0.717) is 12.0 Å². The predicted molar refractivity (Wildman–Crippen MR) is 57.9 cm³/mol. The summed E-state index contributed by atoms with van der Waals surface area (Å²) >= 11 is 0. The van der Waals surface area contributed by atoms with Gasteiger partial charge in [-0.2, -0.15) is 0 Å². The van der Waals surface area contributed by atoms with E-state index in [2.05, 4.69) is 5.32 Å². The molecule has 0 bridgehead atoms. The monoisotopic (exact) mass is 209 g/mol. The molecule has 3 heteroatoms. The number of rotatable bonds is 4. The average molecular weight is 209 g/mol. The number of halogens is 1. The molecule has 1 atom stereocenters. The standard InChI is InChI=1S/C12H16FNO/c1-3-6-12(15)14-9(2)10-7-4-5-8-11(10)13/h4-5,7-9H,3,6H2,1-2H3,(H,14,15)/t9-/m0/s1. The van der Waals surface area contributed by atoms with Crippen LogP contribution in [0, 0.1) is 5.82 Å². The second-order valence-electron chi connectivity index (χ2n) is 3.56. The first-order valence-electron chi connectivity index (χ1n) is 5.19. The van der Waals surface area contributed by atoms with E-state index in [4.69, 9.17) is 0 Å². The Morgan fingerprint density at radius 2 is 2.13 bits per heavy atom. The molecule has 2 nitrogen and oxygen atoms in total. The molecule has 1 aromatic rings. The molecule has 0 fully saturated rings. The van der Waals surface area contributed by atoms with Gasteiger partial charge in [0.2, 0.25) is 5.91 Å². The number of hydrogen-bond acceptors (Lipinski definition) is 1. The van der Waals surface area contributed by atoms with E-state index in [1.165, 1.54) is 6.07 Å². The SMILES string of the molecule is CCCC(=O)N[C@@H](C)c1ccccc1F. The molecule has 0 radical (unpaired) electrons. The van der Waals surface area contributed by atoms with E-state index >= 15 is 0 Å². The van der Waals surface area contributed by atoms with Crippen molar-refractivity contribution in [3.63, 3.8) is 0 Å². The highest BCUT2D eigenvalue weighted by molar-refractivity contribution is 5.76. The Labute approximate surface area is 89.5 Å². The number of benzene rings is 1. The molecule has 0 heterocycles. The summed E-state index contributed by atoms with van der Waals surface area (Å²) in [5, 5.41) is 2.76. The molecule has 1 rings (SSSR count). The van der Waals surface area contributed by atoms with E-state index in [0.717, 1.165) is 6.42 Å². The summed E-state index contributed by atoms with van der Waals surface area (Å²) in [6.45, 7) is 3.72. The number of carbonyl (C=O) groups excluding carboxylic acids is 1. The van der Waals surface area contributed by atoms with Gasteiger partial charge in [-0.25, -0.2) is 4.39 Å². The lowest BCUT2D eigenvalue weighted by Crippen LogP contribution is -2.26. The second kappa shape index (κ2) is 5.49. The predicted octanol–water partition coefficient (Wildman–Crippen LogP) is 2.80. The molecule has 0 aliphatic heterocycles. The quantitative estimate of drug-likeness (QED) is 0.811. The molecular formula is C12H16FNO. The number of amides is 1. The molecule has 0 aromatic heterocycles. The third-order valence-electron chi connectivity index (χ3n) is 2.23. The Bertz CT molecular complexity index is 338. The van der Waals surface area contributed by atoms with Gasteiger partial charge in [0.25, 0.3) is 0 Å². The maximum atomic E-state index is 13.3. The van der Waals surface area contributed by atoms with Crippen LogP contribution >= 0.6 is 0 Å². The van der Waals surface area contributed by atoms with Crippen molar-refractivity contribution in [2.24, 2.45) is 0 Å². The van der Waals surface area contributed by atoms with E-state index in [1.54, 1.807) is 25.1 Å². The molecule has 1 aromatic carbocycles. The normalized spacial score (nSPS) is 12.2. The van der Waals surface area contributed by atoms with E-state index in [1.807, 2.05) is 6.92 Å². The van der Waals surface area contributed by atoms with Gasteiger partial charge in [-0.05, 0) is 19.4 Å². The summed E-state index contributed by atoms with van der Waals surface area (Å²) in [6.07, 6.45) is 1.29. The van der Waals surface area contributed by atoms with Crippen molar-refractivity contribution in [3.05, 3.63) is 35.6 Å². The van der Waals surface area contributed by atoms with Gasteiger partial charge in [0.05, 0.1) is 6.04 Å². The van der Waals surface area contributed by atoms with Gasteiger partial charge in [0.15, 0.2) is 0 Å². The molecule has 1 N–H and O–H groups in total. The Morgan fingerprint density at radius 1 is 1.47 bits per heavy atom. The summed E-state index contributed by atoms with van der Waals surface area (Å²) in [6, 6.07) is 6.22. The topological polar surface area (TPSA) is 29.1 Å². The minimum atomic E-state index is -0.276. The largest absolute Gasteiger partial charge is 0.349 e. The van der Waals surface area contributed by atoms with Crippen molar-refractivity contribution in [1.29, 1.82) is 0 Å². The molecule has 0 saturated carbocycles. The van der Waals surface area contributed by atoms with Crippen LogP contribution in [0.15, 0.2) is 24.3 Å². The Morgan fingerprint density at radius 3 is 2.73 bits per heavy atom. The number of nitrogens with one attached hydrogen (secondary N) is 1. The number of carbonyl (C=O) groups is 1. The first-order valence-corrected chi connectivity index (χ1v) is 5.19. The molecule has 0 aliphatic carbocycles. The van der Waals surface area contributed by atoms with Crippen LogP contribution in [-0.2, 0) is 4.79 Å². The molecule has 0 saturated heterocycles. The van der Waals surface area contributed by atoms with Gasteiger partial charge in [-0.15, -0.1) is 0 Å². The van der Waals surface area contributed by atoms with Gasteiger partial charge in [-0.1, -0.05) is 25.1 Å². The zero-order valence-corrected chi connectivity index (χ0v) is 9.09. The minimum Gasteiger partial charge on any atom is -0.349 e. The van der Waals surface area contributed by atoms with Gasteiger partial charge < -0.3 is 5.32 Å². The molecule has 82 valence electrons. The first-order chi connectivity index (χ1) is 7.15. The molecule has 0 spiro atoms. The fourth-order valence-corrected chi connectivity index (χ4v) is 1.44. The molecule has 0 aliphatic rings. The second-order valence-corrected chi connectivity index (χ2v) is 3.56. The molecule has 0 unspecified atom stereocenters. The van der Waals surface area contributed by atoms with E-state index in [9.17, 15) is 9.18 Å². The summed E-state index contributed by atoms with van der Waals surface area (Å²) in [4.78, 5) is 11.3. The van der Waals surface area contributed by atoms with E-state index < -0.39 is 0 Å². The van der Waals surface area contributed by atoms with Crippen molar-refractivity contribution in [3.8, 4) is 0 Å². The van der Waals surface area contributed by atoms with Crippen LogP contribution in [0.4, 0.5) is 4.39 Å². The fraction of sp³-hybridized carbons (Fsp3) is 0.417. The zero-order valence-electron chi connectivity index (χ0n) is 9.09. The van der Waals surface area contributed by atoms with Crippen LogP contribution in [0.25, 0.3) is 0 Å². The lowest BCUT2D eigenvalue weighted by atomic mass is 10.1. The highest BCUT2D eigenvalue weighted by atomic mass is 19.1.